The number of aromatic nitrogens is 4. The average molecular weight is 629 g/mol. The molecule has 226 valence electrons. The van der Waals surface area contributed by atoms with Gasteiger partial charge in [0.1, 0.15) is 12.4 Å². The summed E-state index contributed by atoms with van der Waals surface area (Å²) in [5.74, 6) is -0.599. The van der Waals surface area contributed by atoms with Crippen LogP contribution >= 0.6 is 22.7 Å². The van der Waals surface area contributed by atoms with E-state index < -0.39 is 0 Å². The molecule has 0 bridgehead atoms. The number of hydrogen-bond donors (Lipinski definition) is 0. The largest absolute Gasteiger partial charge is 0.459 e. The monoisotopic (exact) mass is 628 g/mol. The summed E-state index contributed by atoms with van der Waals surface area (Å²) in [6, 6.07) is 19.9. The molecule has 0 atom stereocenters. The molecule has 0 aliphatic rings. The van der Waals surface area contributed by atoms with Crippen molar-refractivity contribution in [2.24, 2.45) is 14.1 Å². The van der Waals surface area contributed by atoms with Crippen molar-refractivity contribution in [3.8, 4) is 22.5 Å². The second-order valence-electron chi connectivity index (χ2n) is 10.7. The fourth-order valence-corrected chi connectivity index (χ4v) is 7.36. The molecule has 0 saturated carbocycles. The number of nitrogens with zero attached hydrogens (tertiary/aromatic N) is 4. The van der Waals surface area contributed by atoms with Crippen LogP contribution in [0, 0.1) is 0 Å². The number of thiazole rings is 2. The molecule has 0 fully saturated rings. The minimum atomic E-state index is -0.300. The molecule has 10 heteroatoms. The van der Waals surface area contributed by atoms with Crippen LogP contribution in [0.4, 0.5) is 0 Å². The molecule has 4 aromatic heterocycles. The van der Waals surface area contributed by atoms with E-state index in [0.717, 1.165) is 71.0 Å². The zero-order valence-corrected chi connectivity index (χ0v) is 26.6. The molecule has 0 saturated heterocycles. The summed E-state index contributed by atoms with van der Waals surface area (Å²) in [5.41, 5.74) is 4.84. The highest BCUT2D eigenvalue weighted by molar-refractivity contribution is 7.15. The van der Waals surface area contributed by atoms with Gasteiger partial charge in [-0.3, -0.25) is 0 Å². The average Bonchev–Trinajstić information content (AvgIpc) is 3.82. The third-order valence-corrected chi connectivity index (χ3v) is 9.72. The third kappa shape index (κ3) is 5.92. The van der Waals surface area contributed by atoms with E-state index in [2.05, 4.69) is 9.13 Å². The molecular weight excluding hydrogens is 593 g/mol. The summed E-state index contributed by atoms with van der Waals surface area (Å²) in [7, 11) is 3.97. The van der Waals surface area contributed by atoms with E-state index in [1.54, 1.807) is 22.7 Å². The van der Waals surface area contributed by atoms with Crippen molar-refractivity contribution in [2.75, 3.05) is 13.2 Å². The van der Waals surface area contributed by atoms with Gasteiger partial charge >= 0.3 is 21.9 Å². The first-order chi connectivity index (χ1) is 21.6. The Labute approximate surface area is 264 Å². The Morgan fingerprint density at radius 3 is 1.41 bits per heavy atom. The molecule has 0 aliphatic heterocycles. The Hall–Kier alpha value is -4.28. The number of hydrogen-bond acceptors (Lipinski definition) is 6. The molecular formula is C34H36N4O4S2+2. The van der Waals surface area contributed by atoms with E-state index in [9.17, 15) is 9.59 Å². The highest BCUT2D eigenvalue weighted by Gasteiger charge is 2.33. The lowest BCUT2D eigenvalue weighted by Gasteiger charge is -2.06. The molecule has 0 spiro atoms. The van der Waals surface area contributed by atoms with Crippen molar-refractivity contribution in [3.63, 3.8) is 0 Å². The van der Waals surface area contributed by atoms with Gasteiger partial charge in [-0.25, -0.2) is 18.7 Å². The van der Waals surface area contributed by atoms with Gasteiger partial charge in [0.25, 0.3) is 11.4 Å². The number of ether oxygens (including phenoxy) is 2. The minimum Gasteiger partial charge on any atom is -0.459 e. The molecule has 4 heterocycles. The van der Waals surface area contributed by atoms with E-state index in [0.29, 0.717) is 24.6 Å². The van der Waals surface area contributed by atoms with Gasteiger partial charge in [0.15, 0.2) is 11.4 Å². The van der Waals surface area contributed by atoms with Gasteiger partial charge in [-0.2, -0.15) is 8.80 Å². The molecule has 0 amide bonds. The molecule has 6 rings (SSSR count). The van der Waals surface area contributed by atoms with E-state index in [1.165, 1.54) is 0 Å². The Morgan fingerprint density at radius 2 is 1.00 bits per heavy atom. The molecule has 8 nitrogen and oxygen atoms in total. The van der Waals surface area contributed by atoms with Crippen LogP contribution in [-0.4, -0.2) is 34.0 Å². The maximum absolute atomic E-state index is 13.2. The minimum absolute atomic E-state index is 0.300. The first-order valence-electron chi connectivity index (χ1n) is 15.0. The number of esters is 2. The number of fused-ring (bicyclic) bond motifs is 2. The number of aryl methyl sites for hydroxylation is 2. The summed E-state index contributed by atoms with van der Waals surface area (Å²) in [6.07, 6.45) is 9.51. The van der Waals surface area contributed by atoms with Crippen LogP contribution in [0.3, 0.4) is 0 Å². The van der Waals surface area contributed by atoms with Crippen LogP contribution in [0.25, 0.3) is 32.4 Å². The number of imidazole rings is 2. The van der Waals surface area contributed by atoms with Gasteiger partial charge in [-0.1, -0.05) is 109 Å². The number of rotatable bonds is 13. The first-order valence-corrected chi connectivity index (χ1v) is 16.7. The lowest BCUT2D eigenvalue weighted by molar-refractivity contribution is -0.631. The van der Waals surface area contributed by atoms with Crippen molar-refractivity contribution in [3.05, 3.63) is 95.2 Å². The Morgan fingerprint density at radius 1 is 0.614 bits per heavy atom. The second kappa shape index (κ2) is 13.6. The zero-order chi connectivity index (χ0) is 30.5. The Balaban J connectivity index is 0.936. The predicted molar refractivity (Wildman–Crippen MR) is 172 cm³/mol. The zero-order valence-electron chi connectivity index (χ0n) is 25.0. The van der Waals surface area contributed by atoms with Crippen molar-refractivity contribution in [1.29, 1.82) is 0 Å². The van der Waals surface area contributed by atoms with E-state index in [-0.39, 0.29) is 11.9 Å². The highest BCUT2D eigenvalue weighted by atomic mass is 32.1. The maximum Gasteiger partial charge on any atom is 0.383 e. The fourth-order valence-electron chi connectivity index (χ4n) is 5.72. The van der Waals surface area contributed by atoms with Crippen LogP contribution in [-0.2, 0) is 23.6 Å². The summed E-state index contributed by atoms with van der Waals surface area (Å²) in [5, 5.41) is 3.96. The van der Waals surface area contributed by atoms with E-state index >= 15 is 0 Å². The smallest absolute Gasteiger partial charge is 0.383 e. The first kappa shape index (κ1) is 29.8. The summed E-state index contributed by atoms with van der Waals surface area (Å²) < 4.78 is 19.4. The number of benzene rings is 2. The maximum atomic E-state index is 13.2. The molecule has 6 aromatic rings. The lowest BCUT2D eigenvalue weighted by atomic mass is 10.1. The standard InChI is InChI=1S/C34H36N4O4S2/c1-35-27(25-15-9-7-10-16-25)29(37-19-23-43-33(35)37)31(39)41-21-13-5-3-4-6-14-22-42-32(40)30-28(26-17-11-8-12-18-26)36(2)34-38(30)20-24-44-34/h7-12,15-20,23-24H,3-6,13-14,21-22H2,1-2H3/q+2. The Bertz CT molecular complexity index is 1750. The second-order valence-corrected chi connectivity index (χ2v) is 12.5. The molecule has 2 aromatic carbocycles. The van der Waals surface area contributed by atoms with Gasteiger partial charge in [0.2, 0.25) is 0 Å². The summed E-state index contributed by atoms with van der Waals surface area (Å²) in [4.78, 5) is 28.4. The number of carbonyl (C=O) groups is 2. The van der Waals surface area contributed by atoms with Gasteiger partial charge < -0.3 is 9.47 Å². The SMILES string of the molecule is C[n+]1c(-c2ccccc2)c(C(=O)OCCCCCCCCOC(=O)c2c(-c3ccccc3)[n+](C)c3sccn23)n2ccsc21. The van der Waals surface area contributed by atoms with Gasteiger partial charge in [-0.15, -0.1) is 0 Å². The Kier molecular flexibility index (Phi) is 9.18. The van der Waals surface area contributed by atoms with Crippen LogP contribution < -0.4 is 9.13 Å². The molecule has 0 aliphatic carbocycles. The van der Waals surface area contributed by atoms with Gasteiger partial charge in [0.05, 0.1) is 27.3 Å². The van der Waals surface area contributed by atoms with Crippen LogP contribution in [0.1, 0.15) is 59.5 Å². The van der Waals surface area contributed by atoms with Gasteiger partial charge in [-0.05, 0) is 12.8 Å². The van der Waals surface area contributed by atoms with Crippen molar-refractivity contribution in [2.45, 2.75) is 38.5 Å². The molecule has 0 radical (unpaired) electrons. The summed E-state index contributed by atoms with van der Waals surface area (Å²) in [6.45, 7) is 0.780. The van der Waals surface area contributed by atoms with Crippen LogP contribution in [0.15, 0.2) is 83.8 Å². The van der Waals surface area contributed by atoms with E-state index in [1.807, 2.05) is 107 Å². The van der Waals surface area contributed by atoms with Crippen LogP contribution in [0.2, 0.25) is 0 Å². The summed E-state index contributed by atoms with van der Waals surface area (Å²) >= 11 is 3.19. The highest BCUT2D eigenvalue weighted by Crippen LogP contribution is 2.27. The van der Waals surface area contributed by atoms with Crippen molar-refractivity contribution < 1.29 is 28.2 Å². The predicted octanol–water partition coefficient (Wildman–Crippen LogP) is 6.65. The number of carbonyl (C=O) groups excluding carboxylic acids is 2. The van der Waals surface area contributed by atoms with Crippen molar-refractivity contribution >= 4 is 44.5 Å². The number of unbranched alkanes of at least 4 members (excludes halogenated alkanes) is 5. The fraction of sp³-hybridized carbons (Fsp3) is 0.294. The molecule has 0 unspecified atom stereocenters. The topological polar surface area (TPSA) is 69.2 Å². The van der Waals surface area contributed by atoms with Gasteiger partial charge in [0, 0.05) is 21.9 Å². The lowest BCUT2D eigenvalue weighted by Crippen LogP contribution is -2.29. The quantitative estimate of drug-likeness (QED) is 0.0816. The molecule has 0 N–H and O–H groups in total. The molecule has 44 heavy (non-hydrogen) atoms. The van der Waals surface area contributed by atoms with Crippen molar-refractivity contribution in [1.82, 2.24) is 8.80 Å². The van der Waals surface area contributed by atoms with Crippen LogP contribution in [0.5, 0.6) is 0 Å². The normalized spacial score (nSPS) is 11.4. The van der Waals surface area contributed by atoms with E-state index in [4.69, 9.17) is 9.47 Å². The third-order valence-electron chi connectivity index (χ3n) is 7.84.